The zero-order chi connectivity index (χ0) is 17.4. The molecule has 0 N–H and O–H groups in total. The minimum atomic E-state index is 0.923. The Morgan fingerprint density at radius 2 is 1.92 bits per heavy atom. The molecule has 0 amide bonds. The van der Waals surface area contributed by atoms with Crippen LogP contribution in [0.25, 0.3) is 32.9 Å². The van der Waals surface area contributed by atoms with Crippen molar-refractivity contribution in [2.24, 2.45) is 7.05 Å². The van der Waals surface area contributed by atoms with E-state index >= 15 is 0 Å². The maximum Gasteiger partial charge on any atom is 0.287 e. The predicted octanol–water partition coefficient (Wildman–Crippen LogP) is 4.78. The monoisotopic (exact) mass is 339 g/mol. The summed E-state index contributed by atoms with van der Waals surface area (Å²) in [5.74, 6) is 1.98. The van der Waals surface area contributed by atoms with Crippen LogP contribution in [-0.4, -0.2) is 4.98 Å². The van der Waals surface area contributed by atoms with Crippen LogP contribution in [0.2, 0.25) is 0 Å². The van der Waals surface area contributed by atoms with E-state index in [0.717, 1.165) is 35.2 Å². The molecule has 3 heteroatoms. The van der Waals surface area contributed by atoms with Crippen molar-refractivity contribution in [3.63, 3.8) is 0 Å². The van der Waals surface area contributed by atoms with E-state index in [4.69, 9.17) is 4.74 Å². The van der Waals surface area contributed by atoms with Gasteiger partial charge in [0, 0.05) is 5.56 Å². The number of aromatic nitrogens is 2. The minimum Gasteiger partial charge on any atom is -0.455 e. The fourth-order valence-electron chi connectivity index (χ4n) is 4.88. The molecular weight excluding hydrogens is 320 g/mol. The number of fused-ring (bicyclic) bond motifs is 3. The van der Waals surface area contributed by atoms with Crippen LogP contribution in [0.1, 0.15) is 23.1 Å². The molecule has 0 fully saturated rings. The van der Waals surface area contributed by atoms with E-state index in [1.165, 1.54) is 45.1 Å². The van der Waals surface area contributed by atoms with Crippen LogP contribution in [-0.2, 0) is 19.9 Å². The zero-order valence-electron chi connectivity index (χ0n) is 15.0. The summed E-state index contributed by atoms with van der Waals surface area (Å²) in [6, 6.07) is 12.9. The first kappa shape index (κ1) is 14.3. The molecule has 0 saturated heterocycles. The van der Waals surface area contributed by atoms with Crippen molar-refractivity contribution in [3.8, 4) is 22.8 Å². The van der Waals surface area contributed by atoms with Crippen LogP contribution in [0.4, 0.5) is 0 Å². The summed E-state index contributed by atoms with van der Waals surface area (Å²) < 4.78 is 8.70. The fourth-order valence-corrected chi connectivity index (χ4v) is 4.88. The Kier molecular flexibility index (Phi) is 2.64. The van der Waals surface area contributed by atoms with Crippen molar-refractivity contribution >= 4 is 21.7 Å². The second-order valence-corrected chi connectivity index (χ2v) is 7.46. The normalized spacial score (nSPS) is 14.4. The van der Waals surface area contributed by atoms with Crippen LogP contribution >= 0.6 is 0 Å². The first-order valence-corrected chi connectivity index (χ1v) is 9.26. The molecule has 0 saturated carbocycles. The maximum absolute atomic E-state index is 6.55. The molecule has 0 bridgehead atoms. The zero-order valence-corrected chi connectivity index (χ0v) is 15.0. The quantitative estimate of drug-likeness (QED) is 0.379. The van der Waals surface area contributed by atoms with E-state index in [1.54, 1.807) is 0 Å². The van der Waals surface area contributed by atoms with Gasteiger partial charge in [-0.15, -0.1) is 0 Å². The number of benzene rings is 3. The molecule has 1 aliphatic heterocycles. The Morgan fingerprint density at radius 3 is 2.85 bits per heavy atom. The van der Waals surface area contributed by atoms with Crippen LogP contribution in [0.5, 0.6) is 11.5 Å². The number of hydrogen-bond acceptors (Lipinski definition) is 2. The molecule has 126 valence electrons. The molecule has 0 spiro atoms. The lowest BCUT2D eigenvalue weighted by molar-refractivity contribution is -0.662. The smallest absolute Gasteiger partial charge is 0.287 e. The minimum absolute atomic E-state index is 0.923. The average molecular weight is 339 g/mol. The van der Waals surface area contributed by atoms with Gasteiger partial charge < -0.3 is 4.74 Å². The van der Waals surface area contributed by atoms with Gasteiger partial charge >= 0.3 is 0 Å². The Labute approximate surface area is 151 Å². The summed E-state index contributed by atoms with van der Waals surface area (Å²) in [5, 5.41) is 3.90. The molecule has 6 rings (SSSR count). The first-order valence-electron chi connectivity index (χ1n) is 9.26. The summed E-state index contributed by atoms with van der Waals surface area (Å²) in [4.78, 5) is 4.60. The highest BCUT2D eigenvalue weighted by molar-refractivity contribution is 6.06. The lowest BCUT2D eigenvalue weighted by Gasteiger charge is -2.28. The lowest BCUT2D eigenvalue weighted by Crippen LogP contribution is -2.33. The van der Waals surface area contributed by atoms with Gasteiger partial charge in [-0.05, 0) is 65.2 Å². The third-order valence-electron chi connectivity index (χ3n) is 6.02. The molecule has 3 aromatic carbocycles. The molecule has 0 unspecified atom stereocenters. The van der Waals surface area contributed by atoms with Gasteiger partial charge in [0.05, 0.1) is 12.6 Å². The van der Waals surface area contributed by atoms with Gasteiger partial charge in [-0.2, -0.15) is 0 Å². The molecule has 0 radical (unpaired) electrons. The van der Waals surface area contributed by atoms with E-state index < -0.39 is 0 Å². The number of hydrogen-bond donors (Lipinski definition) is 0. The van der Waals surface area contributed by atoms with Crippen LogP contribution in [0, 0.1) is 6.92 Å². The highest BCUT2D eigenvalue weighted by Gasteiger charge is 2.32. The van der Waals surface area contributed by atoms with Gasteiger partial charge in [0.2, 0.25) is 0 Å². The van der Waals surface area contributed by atoms with Gasteiger partial charge in [-0.25, -0.2) is 4.57 Å². The molecule has 1 aliphatic carbocycles. The van der Waals surface area contributed by atoms with Crippen molar-refractivity contribution in [1.29, 1.82) is 0 Å². The summed E-state index contributed by atoms with van der Waals surface area (Å²) in [5.41, 5.74) is 7.59. The number of aryl methyl sites for hydroxylation is 4. The third-order valence-corrected chi connectivity index (χ3v) is 6.02. The van der Waals surface area contributed by atoms with Crippen LogP contribution in [0.3, 0.4) is 0 Å². The average Bonchev–Trinajstić information content (AvgIpc) is 2.68. The molecular formula is C23H19N2O+. The Hall–Kier alpha value is -2.94. The van der Waals surface area contributed by atoms with Crippen LogP contribution in [0.15, 0.2) is 42.7 Å². The molecule has 2 aliphatic rings. The summed E-state index contributed by atoms with van der Waals surface area (Å²) in [6.07, 6.45) is 5.34. The molecule has 1 aromatic heterocycles. The van der Waals surface area contributed by atoms with E-state index in [0.29, 0.717) is 0 Å². The molecule has 3 nitrogen and oxygen atoms in total. The van der Waals surface area contributed by atoms with Gasteiger partial charge in [-0.3, -0.25) is 0 Å². The third kappa shape index (κ3) is 1.63. The lowest BCUT2D eigenvalue weighted by atomic mass is 9.82. The van der Waals surface area contributed by atoms with E-state index in [-0.39, 0.29) is 0 Å². The fraction of sp³-hybridized carbons (Fsp3) is 0.217. The summed E-state index contributed by atoms with van der Waals surface area (Å²) in [6.45, 7) is 2.24. The van der Waals surface area contributed by atoms with Gasteiger partial charge in [0.25, 0.3) is 6.33 Å². The molecule has 26 heavy (non-hydrogen) atoms. The topological polar surface area (TPSA) is 26.0 Å². The maximum atomic E-state index is 6.55. The van der Waals surface area contributed by atoms with E-state index in [9.17, 15) is 0 Å². The second kappa shape index (κ2) is 4.82. The molecule has 2 heterocycles. The highest BCUT2D eigenvalue weighted by Crippen LogP contribution is 2.51. The van der Waals surface area contributed by atoms with E-state index in [2.05, 4.69) is 53.9 Å². The van der Waals surface area contributed by atoms with Gasteiger partial charge in [-0.1, -0.05) is 24.3 Å². The van der Waals surface area contributed by atoms with Crippen molar-refractivity contribution in [2.75, 3.05) is 0 Å². The standard InChI is InChI=1S/C23H19N2O/c1-13-15-8-3-6-14-7-4-9-16(20(14)15)23-19(13)22-21-17(24-12-25(22)2)10-5-11-18(21)26-23/h3,5-6,8,10-12H,4,7,9H2,1-2H3/q+1. The van der Waals surface area contributed by atoms with Crippen molar-refractivity contribution in [1.82, 2.24) is 4.98 Å². The Balaban J connectivity index is 1.87. The summed E-state index contributed by atoms with van der Waals surface area (Å²) in [7, 11) is 2.08. The number of nitrogens with zero attached hydrogens (tertiary/aromatic N) is 2. The van der Waals surface area contributed by atoms with Crippen molar-refractivity contribution < 1.29 is 9.30 Å². The molecule has 0 atom stereocenters. The van der Waals surface area contributed by atoms with E-state index in [1.807, 2.05) is 12.4 Å². The second-order valence-electron chi connectivity index (χ2n) is 7.46. The van der Waals surface area contributed by atoms with Crippen molar-refractivity contribution in [3.05, 3.63) is 59.4 Å². The number of rotatable bonds is 0. The summed E-state index contributed by atoms with van der Waals surface area (Å²) >= 11 is 0. The van der Waals surface area contributed by atoms with Crippen molar-refractivity contribution in [2.45, 2.75) is 26.2 Å². The SMILES string of the molecule is Cc1c2c(c3c4c(cccc14)CCC3)Oc1cccc3nc[n+](C)c-2c13. The van der Waals surface area contributed by atoms with Crippen LogP contribution < -0.4 is 9.30 Å². The Morgan fingerprint density at radius 1 is 1.04 bits per heavy atom. The Bertz CT molecular complexity index is 1260. The first-order chi connectivity index (χ1) is 12.7. The molecule has 4 aromatic rings. The highest BCUT2D eigenvalue weighted by atomic mass is 16.5. The van der Waals surface area contributed by atoms with Gasteiger partial charge in [0.1, 0.15) is 16.9 Å². The predicted molar refractivity (Wildman–Crippen MR) is 103 cm³/mol. The number of ether oxygens (including phenoxy) is 1. The largest absolute Gasteiger partial charge is 0.455 e. The van der Waals surface area contributed by atoms with Gasteiger partial charge in [0.15, 0.2) is 11.2 Å².